The van der Waals surface area contributed by atoms with E-state index in [1.54, 1.807) is 0 Å². The minimum absolute atomic E-state index is 0.144. The lowest BCUT2D eigenvalue weighted by Gasteiger charge is -2.40. The second-order valence-electron chi connectivity index (χ2n) is 7.59. The fraction of sp³-hybridized carbons (Fsp3) is 0.882. The molecule has 0 heterocycles. The predicted molar refractivity (Wildman–Crippen MR) is 91.6 cm³/mol. The van der Waals surface area contributed by atoms with E-state index in [2.05, 4.69) is 53.8 Å². The summed E-state index contributed by atoms with van der Waals surface area (Å²) in [7, 11) is -1.73. The average molecular weight is 301 g/mol. The summed E-state index contributed by atoms with van der Waals surface area (Å²) < 4.78 is 6.62. The molecule has 120 valence electrons. The lowest BCUT2D eigenvalue weighted by Crippen LogP contribution is -2.45. The topological polar surface area (TPSA) is 29.5 Å². The third kappa shape index (κ3) is 6.55. The fourth-order valence-corrected chi connectivity index (χ4v) is 3.44. The van der Waals surface area contributed by atoms with Gasteiger partial charge in [-0.2, -0.15) is 0 Å². The van der Waals surface area contributed by atoms with Gasteiger partial charge in [0, 0.05) is 0 Å². The molecule has 3 heteroatoms. The molecule has 2 nitrogen and oxygen atoms in total. The first-order valence-electron chi connectivity index (χ1n) is 8.01. The van der Waals surface area contributed by atoms with Crippen molar-refractivity contribution in [3.63, 3.8) is 0 Å². The van der Waals surface area contributed by atoms with Crippen molar-refractivity contribution in [1.82, 2.24) is 0 Å². The Morgan fingerprint density at radius 3 is 2.25 bits per heavy atom. The molecule has 0 fully saturated rings. The van der Waals surface area contributed by atoms with Crippen LogP contribution in [0.5, 0.6) is 0 Å². The van der Waals surface area contributed by atoms with Gasteiger partial charge in [-0.15, -0.1) is 0 Å². The zero-order valence-electron chi connectivity index (χ0n) is 14.9. The van der Waals surface area contributed by atoms with E-state index < -0.39 is 8.32 Å². The second-order valence-corrected chi connectivity index (χ2v) is 12.3. The maximum absolute atomic E-state index is 9.20. The largest absolute Gasteiger partial charge is 0.413 e. The number of hydrogen-bond donors (Lipinski definition) is 1. The minimum Gasteiger partial charge on any atom is -0.413 e. The van der Waals surface area contributed by atoms with Crippen molar-refractivity contribution in [2.45, 2.75) is 85.0 Å². The molecule has 20 heavy (non-hydrogen) atoms. The number of hydrogen-bond acceptors (Lipinski definition) is 2. The lowest BCUT2D eigenvalue weighted by molar-refractivity contribution is 0.133. The molecule has 0 aromatic heterocycles. The van der Waals surface area contributed by atoms with Gasteiger partial charge >= 0.3 is 0 Å². The Bertz CT molecular complexity index is 303. The highest BCUT2D eigenvalue weighted by Crippen LogP contribution is 2.38. The Morgan fingerprint density at radius 2 is 1.85 bits per heavy atom. The van der Waals surface area contributed by atoms with Gasteiger partial charge in [-0.3, -0.25) is 0 Å². The van der Waals surface area contributed by atoms with Crippen molar-refractivity contribution in [2.24, 2.45) is 5.92 Å². The highest BCUT2D eigenvalue weighted by molar-refractivity contribution is 6.74. The molecule has 0 radical (unpaired) electrons. The van der Waals surface area contributed by atoms with Crippen molar-refractivity contribution < 1.29 is 9.53 Å². The summed E-state index contributed by atoms with van der Waals surface area (Å²) in [4.78, 5) is 0. The van der Waals surface area contributed by atoms with Gasteiger partial charge in [-0.05, 0) is 37.4 Å². The molecule has 0 unspecified atom stereocenters. The van der Waals surface area contributed by atoms with Gasteiger partial charge < -0.3 is 9.53 Å². The van der Waals surface area contributed by atoms with Crippen molar-refractivity contribution in [3.05, 3.63) is 11.6 Å². The van der Waals surface area contributed by atoms with Crippen molar-refractivity contribution in [2.75, 3.05) is 6.61 Å². The van der Waals surface area contributed by atoms with Crippen LogP contribution < -0.4 is 0 Å². The molecular formula is C17H36O2Si. The zero-order chi connectivity index (χ0) is 16.0. The van der Waals surface area contributed by atoms with Gasteiger partial charge in [0.1, 0.15) is 0 Å². The third-order valence-electron chi connectivity index (χ3n) is 4.48. The lowest BCUT2D eigenvalue weighted by atomic mass is 9.97. The van der Waals surface area contributed by atoms with Crippen LogP contribution in [0.15, 0.2) is 11.6 Å². The number of aliphatic hydroxyl groups is 1. The Morgan fingerprint density at radius 1 is 1.30 bits per heavy atom. The van der Waals surface area contributed by atoms with Gasteiger partial charge in [0.15, 0.2) is 8.32 Å². The second kappa shape index (κ2) is 8.35. The van der Waals surface area contributed by atoms with Crippen molar-refractivity contribution in [1.29, 1.82) is 0 Å². The highest BCUT2D eigenvalue weighted by Gasteiger charge is 2.39. The van der Waals surface area contributed by atoms with Crippen LogP contribution >= 0.6 is 0 Å². The molecule has 1 N–H and O–H groups in total. The molecule has 0 spiro atoms. The normalized spacial score (nSPS) is 17.1. The Kier molecular flexibility index (Phi) is 8.30. The summed E-state index contributed by atoms with van der Waals surface area (Å²) in [5, 5.41) is 9.45. The maximum atomic E-state index is 9.20. The maximum Gasteiger partial charge on any atom is 0.192 e. The highest BCUT2D eigenvalue weighted by atomic mass is 28.4. The quantitative estimate of drug-likeness (QED) is 0.496. The molecule has 0 aromatic carbocycles. The Labute approximate surface area is 127 Å². The van der Waals surface area contributed by atoms with Crippen molar-refractivity contribution in [3.8, 4) is 0 Å². The molecule has 0 aliphatic carbocycles. The van der Waals surface area contributed by atoms with Gasteiger partial charge in [0.25, 0.3) is 0 Å². The molecule has 0 saturated heterocycles. The molecule has 0 amide bonds. The summed E-state index contributed by atoms with van der Waals surface area (Å²) in [6.07, 6.45) is 5.97. The van der Waals surface area contributed by atoms with Crippen LogP contribution in [0.1, 0.15) is 60.8 Å². The van der Waals surface area contributed by atoms with Crippen LogP contribution in [0, 0.1) is 5.92 Å². The van der Waals surface area contributed by atoms with Gasteiger partial charge in [-0.25, -0.2) is 0 Å². The van der Waals surface area contributed by atoms with E-state index in [4.69, 9.17) is 4.43 Å². The van der Waals surface area contributed by atoms with E-state index in [1.807, 2.05) is 6.92 Å². The first-order chi connectivity index (χ1) is 9.05. The van der Waals surface area contributed by atoms with E-state index in [9.17, 15) is 5.11 Å². The molecule has 0 bridgehead atoms. The van der Waals surface area contributed by atoms with Crippen LogP contribution in [0.25, 0.3) is 0 Å². The third-order valence-corrected chi connectivity index (χ3v) is 8.98. The summed E-state index contributed by atoms with van der Waals surface area (Å²) in [6, 6.07) is 0. The number of aliphatic hydroxyl groups excluding tert-OH is 1. The SMILES string of the molecule is CCCC[C@@H](O[Si](C)(C)C(C)(C)C)[C@H](C)/C=C(/C)CO. The minimum atomic E-state index is -1.73. The molecule has 0 saturated carbocycles. The number of unbranched alkanes of at least 4 members (excludes halogenated alkanes) is 1. The predicted octanol–water partition coefficient (Wildman–Crippen LogP) is 5.14. The van der Waals surface area contributed by atoms with Crippen LogP contribution in [0.3, 0.4) is 0 Å². The zero-order valence-corrected chi connectivity index (χ0v) is 15.9. The van der Waals surface area contributed by atoms with Crippen LogP contribution in [-0.2, 0) is 4.43 Å². The first-order valence-corrected chi connectivity index (χ1v) is 10.9. The number of rotatable bonds is 8. The first kappa shape index (κ1) is 19.9. The van der Waals surface area contributed by atoms with Gasteiger partial charge in [-0.1, -0.05) is 59.1 Å². The molecule has 0 aliphatic heterocycles. The van der Waals surface area contributed by atoms with E-state index in [-0.39, 0.29) is 17.7 Å². The van der Waals surface area contributed by atoms with Crippen molar-refractivity contribution >= 4 is 8.32 Å². The standard InChI is InChI=1S/C17H36O2Si/c1-9-10-11-16(15(3)12-14(2)13-18)19-20(7,8)17(4,5)6/h12,15-16,18H,9-11,13H2,1-8H3/b14-12-/t15-,16-/m1/s1. The summed E-state index contributed by atoms with van der Waals surface area (Å²) in [6.45, 7) is 18.1. The molecule has 2 atom stereocenters. The Hall–Kier alpha value is -0.123. The van der Waals surface area contributed by atoms with Gasteiger partial charge in [0.2, 0.25) is 0 Å². The van der Waals surface area contributed by atoms with E-state index >= 15 is 0 Å². The van der Waals surface area contributed by atoms with Crippen LogP contribution in [0.4, 0.5) is 0 Å². The van der Waals surface area contributed by atoms with Crippen LogP contribution in [0.2, 0.25) is 18.1 Å². The fourth-order valence-electron chi connectivity index (χ4n) is 2.00. The van der Waals surface area contributed by atoms with E-state index in [0.29, 0.717) is 5.92 Å². The van der Waals surface area contributed by atoms with E-state index in [0.717, 1.165) is 12.0 Å². The van der Waals surface area contributed by atoms with E-state index in [1.165, 1.54) is 12.8 Å². The molecule has 0 aliphatic rings. The molecule has 0 aromatic rings. The van der Waals surface area contributed by atoms with Crippen LogP contribution in [-0.4, -0.2) is 26.1 Å². The molecule has 0 rings (SSSR count). The average Bonchev–Trinajstić information content (AvgIpc) is 2.32. The monoisotopic (exact) mass is 300 g/mol. The summed E-state index contributed by atoms with van der Waals surface area (Å²) in [5.41, 5.74) is 1.04. The Balaban J connectivity index is 4.98. The molecular weight excluding hydrogens is 264 g/mol. The van der Waals surface area contributed by atoms with Gasteiger partial charge in [0.05, 0.1) is 12.7 Å². The smallest absolute Gasteiger partial charge is 0.192 e. The summed E-state index contributed by atoms with van der Waals surface area (Å²) >= 11 is 0. The summed E-state index contributed by atoms with van der Waals surface area (Å²) in [5.74, 6) is 0.364.